The van der Waals surface area contributed by atoms with Crippen molar-refractivity contribution in [2.24, 2.45) is 0 Å². The molecular formula is C8H7AlF3N3OS. The lowest BCUT2D eigenvalue weighted by molar-refractivity contribution is -0.141. The Labute approximate surface area is 107 Å². The number of halogens is 3. The second-order valence-electron chi connectivity index (χ2n) is 3.24. The topological polar surface area (TPSA) is 39.8 Å². The summed E-state index contributed by atoms with van der Waals surface area (Å²) in [4.78, 5) is 11.5. The maximum Gasteiger partial charge on any atom is 0.406 e. The molecule has 0 spiro atoms. The van der Waals surface area contributed by atoms with Gasteiger partial charge in [0.15, 0.2) is 4.77 Å². The van der Waals surface area contributed by atoms with Crippen molar-refractivity contribution in [2.75, 3.05) is 0 Å². The second-order valence-corrected chi connectivity index (χ2v) is 4.55. The number of hydrogen-bond donors (Lipinski definition) is 0. The number of aromatic nitrogens is 3. The SMILES string of the molecule is C#CCn1n[c]([AlH2])c(=O)n(CC(F)(F)F)c1=S. The monoisotopic (exact) mass is 277 g/mol. The molecule has 4 nitrogen and oxygen atoms in total. The van der Waals surface area contributed by atoms with Crippen LogP contribution in [0.2, 0.25) is 0 Å². The standard InChI is InChI=1S/C8H5F3N3OS.Al.2H/c1-2-3-14-7(16)13(5-8(9,10)11)6(15)4-12-14;;;/h1H,3,5H2;;;. The van der Waals surface area contributed by atoms with Gasteiger partial charge in [-0.1, -0.05) is 5.92 Å². The minimum atomic E-state index is -4.51. The van der Waals surface area contributed by atoms with Gasteiger partial charge in [0.2, 0.25) is 0 Å². The van der Waals surface area contributed by atoms with Gasteiger partial charge in [-0.2, -0.15) is 18.3 Å². The van der Waals surface area contributed by atoms with Crippen LogP contribution in [0.4, 0.5) is 13.2 Å². The molecule has 0 saturated carbocycles. The highest BCUT2D eigenvalue weighted by Crippen LogP contribution is 2.16. The van der Waals surface area contributed by atoms with Crippen LogP contribution in [0.3, 0.4) is 0 Å². The Bertz CT molecular complexity index is 584. The zero-order chi connectivity index (χ0) is 13.2. The lowest BCUT2D eigenvalue weighted by Crippen LogP contribution is -2.43. The van der Waals surface area contributed by atoms with Crippen molar-refractivity contribution in [2.45, 2.75) is 19.3 Å². The summed E-state index contributed by atoms with van der Waals surface area (Å²) in [7, 11) is 0. The number of terminal acetylenes is 1. The van der Waals surface area contributed by atoms with Gasteiger partial charge in [0.25, 0.3) is 5.56 Å². The zero-order valence-corrected chi connectivity index (χ0v) is 11.6. The van der Waals surface area contributed by atoms with E-state index in [9.17, 15) is 18.0 Å². The summed E-state index contributed by atoms with van der Waals surface area (Å²) < 4.78 is 38.1. The predicted molar refractivity (Wildman–Crippen MR) is 60.4 cm³/mol. The summed E-state index contributed by atoms with van der Waals surface area (Å²) >= 11 is 4.98. The largest absolute Gasteiger partial charge is 0.406 e. The first-order chi connectivity index (χ1) is 7.76. The molecule has 17 heavy (non-hydrogen) atoms. The van der Waals surface area contributed by atoms with E-state index in [0.29, 0.717) is 4.57 Å². The van der Waals surface area contributed by atoms with Crippen LogP contribution in [0.5, 0.6) is 0 Å². The van der Waals surface area contributed by atoms with E-state index < -0.39 is 18.3 Å². The lowest BCUT2D eigenvalue weighted by Gasteiger charge is -2.12. The van der Waals surface area contributed by atoms with Crippen molar-refractivity contribution in [3.05, 3.63) is 15.1 Å². The molecule has 9 heteroatoms. The second kappa shape index (κ2) is 5.05. The first-order valence-corrected chi connectivity index (χ1v) is 5.86. The number of alkyl halides is 3. The fourth-order valence-corrected chi connectivity index (χ4v) is 1.96. The molecule has 0 aliphatic rings. The third-order valence-corrected chi connectivity index (χ3v) is 2.91. The number of hydrogen-bond acceptors (Lipinski definition) is 3. The van der Waals surface area contributed by atoms with Gasteiger partial charge in [0, 0.05) is 4.56 Å². The molecule has 0 bridgehead atoms. The van der Waals surface area contributed by atoms with E-state index in [4.69, 9.17) is 18.6 Å². The Morgan fingerprint density at radius 2 is 2.12 bits per heavy atom. The van der Waals surface area contributed by atoms with Crippen molar-refractivity contribution in [1.29, 1.82) is 0 Å². The maximum atomic E-state index is 12.3. The third-order valence-electron chi connectivity index (χ3n) is 1.86. The summed E-state index contributed by atoms with van der Waals surface area (Å²) in [5.74, 6) is 2.21. The Morgan fingerprint density at radius 3 is 2.59 bits per heavy atom. The Hall–Kier alpha value is -1.09. The molecule has 0 aliphatic carbocycles. The zero-order valence-electron chi connectivity index (χ0n) is 8.78. The summed E-state index contributed by atoms with van der Waals surface area (Å²) in [6, 6.07) is 0. The molecule has 0 aromatic carbocycles. The molecule has 0 radical (unpaired) electrons. The molecule has 0 amide bonds. The van der Waals surface area contributed by atoms with Gasteiger partial charge < -0.3 is 0 Å². The van der Waals surface area contributed by atoms with Crippen LogP contribution in [-0.2, 0) is 13.1 Å². The molecule has 0 aliphatic heterocycles. The Balaban J connectivity index is 3.44. The molecule has 1 heterocycles. The van der Waals surface area contributed by atoms with Crippen LogP contribution in [-0.4, -0.2) is 36.8 Å². The van der Waals surface area contributed by atoms with Gasteiger partial charge in [-0.15, -0.1) is 6.42 Å². The van der Waals surface area contributed by atoms with E-state index in [1.54, 1.807) is 0 Å². The molecule has 0 saturated heterocycles. The van der Waals surface area contributed by atoms with Gasteiger partial charge in [0.1, 0.15) is 13.1 Å². The minimum absolute atomic E-state index is 0.0538. The van der Waals surface area contributed by atoms with Crippen LogP contribution in [0.25, 0.3) is 0 Å². The third kappa shape index (κ3) is 3.43. The van der Waals surface area contributed by atoms with Crippen LogP contribution < -0.4 is 10.1 Å². The first kappa shape index (κ1) is 14.0. The van der Waals surface area contributed by atoms with E-state index in [-0.39, 0.29) is 32.2 Å². The Morgan fingerprint density at radius 1 is 1.53 bits per heavy atom. The van der Waals surface area contributed by atoms with E-state index in [2.05, 4.69) is 11.0 Å². The van der Waals surface area contributed by atoms with Gasteiger partial charge in [-0.3, -0.25) is 9.36 Å². The van der Waals surface area contributed by atoms with Gasteiger partial charge >= 0.3 is 22.5 Å². The fourth-order valence-electron chi connectivity index (χ4n) is 1.20. The molecule has 0 fully saturated rings. The summed E-state index contributed by atoms with van der Waals surface area (Å²) in [5, 5.41) is 3.78. The molecule has 0 N–H and O–H groups in total. The number of nitrogens with zero attached hydrogens (tertiary/aromatic N) is 3. The molecular weight excluding hydrogens is 270 g/mol. The van der Waals surface area contributed by atoms with E-state index in [1.807, 2.05) is 0 Å². The van der Waals surface area contributed by atoms with E-state index in [1.165, 1.54) is 0 Å². The normalized spacial score (nSPS) is 11.2. The lowest BCUT2D eigenvalue weighted by atomic mass is 10.6. The highest BCUT2D eigenvalue weighted by molar-refractivity contribution is 7.71. The van der Waals surface area contributed by atoms with Crippen LogP contribution in [0.1, 0.15) is 0 Å². The average molecular weight is 277 g/mol. The molecule has 1 rings (SSSR count). The van der Waals surface area contributed by atoms with Gasteiger partial charge in [-0.25, -0.2) is 4.68 Å². The van der Waals surface area contributed by atoms with Crippen LogP contribution in [0.15, 0.2) is 4.79 Å². The van der Waals surface area contributed by atoms with E-state index >= 15 is 0 Å². The molecule has 0 unspecified atom stereocenters. The highest BCUT2D eigenvalue weighted by atomic mass is 32.1. The highest BCUT2D eigenvalue weighted by Gasteiger charge is 2.29. The van der Waals surface area contributed by atoms with Crippen molar-refractivity contribution in [3.63, 3.8) is 0 Å². The molecule has 90 valence electrons. The van der Waals surface area contributed by atoms with E-state index in [0.717, 1.165) is 4.68 Å². The van der Waals surface area contributed by atoms with Gasteiger partial charge in [-0.05, 0) is 12.2 Å². The Kier molecular flexibility index (Phi) is 4.15. The molecule has 1 aromatic heterocycles. The van der Waals surface area contributed by atoms with Crippen molar-refractivity contribution < 1.29 is 13.2 Å². The summed E-state index contributed by atoms with van der Waals surface area (Å²) in [6.07, 6.45) is 0.526. The van der Waals surface area contributed by atoms with Crippen molar-refractivity contribution in [1.82, 2.24) is 14.3 Å². The van der Waals surface area contributed by atoms with Crippen LogP contribution in [0, 0.1) is 17.1 Å². The van der Waals surface area contributed by atoms with Crippen molar-refractivity contribution >= 4 is 33.1 Å². The smallest absolute Gasteiger partial charge is 0.275 e. The molecule has 1 aromatic rings. The van der Waals surface area contributed by atoms with Crippen LogP contribution >= 0.6 is 12.2 Å². The first-order valence-electron chi connectivity index (χ1n) is 4.45. The minimum Gasteiger partial charge on any atom is -0.275 e. The predicted octanol–water partition coefficient (Wildman–Crippen LogP) is -0.772. The number of rotatable bonds is 2. The maximum absolute atomic E-state index is 12.3. The van der Waals surface area contributed by atoms with Crippen molar-refractivity contribution in [3.8, 4) is 12.3 Å². The summed E-state index contributed by atoms with van der Waals surface area (Å²) in [6.45, 7) is -1.49. The quantitative estimate of drug-likeness (QED) is 0.405. The average Bonchev–Trinajstić information content (AvgIpc) is 2.20. The van der Waals surface area contributed by atoms with Gasteiger partial charge in [0.05, 0.1) is 0 Å². The molecule has 0 atom stereocenters. The summed E-state index contributed by atoms with van der Waals surface area (Å²) in [5.41, 5.74) is -0.799. The fraction of sp³-hybridized carbons (Fsp3) is 0.375.